The molecule has 0 aliphatic carbocycles. The van der Waals surface area contributed by atoms with Gasteiger partial charge < -0.3 is 0 Å². The Labute approximate surface area is 126 Å². The van der Waals surface area contributed by atoms with Crippen molar-refractivity contribution in [3.05, 3.63) is 68.7 Å². The zero-order valence-electron chi connectivity index (χ0n) is 10.2. The highest BCUT2D eigenvalue weighted by Gasteiger charge is 2.15. The molecular weight excluding hydrogens is 331 g/mol. The van der Waals surface area contributed by atoms with E-state index in [0.717, 1.165) is 21.2 Å². The van der Waals surface area contributed by atoms with Crippen molar-refractivity contribution < 1.29 is 0 Å². The normalized spacial score (nSPS) is 12.5. The molecule has 0 nitrogen and oxygen atoms in total. The van der Waals surface area contributed by atoms with Crippen molar-refractivity contribution in [3.63, 3.8) is 0 Å². The Morgan fingerprint density at radius 2 is 1.67 bits per heavy atom. The molecule has 0 fully saturated rings. The minimum absolute atomic E-state index is 0.0583. The zero-order chi connectivity index (χ0) is 13.3. The van der Waals surface area contributed by atoms with Gasteiger partial charge in [0.1, 0.15) is 0 Å². The third kappa shape index (κ3) is 2.90. The number of benzene rings is 2. The minimum Gasteiger partial charge on any atom is -0.0843 e. The van der Waals surface area contributed by atoms with E-state index in [1.807, 2.05) is 30.3 Å². The van der Waals surface area contributed by atoms with Crippen molar-refractivity contribution in [1.29, 1.82) is 0 Å². The van der Waals surface area contributed by atoms with Gasteiger partial charge in [-0.05, 0) is 54.3 Å². The Morgan fingerprint density at radius 1 is 1.00 bits per heavy atom. The Morgan fingerprint density at radius 3 is 2.33 bits per heavy atom. The standard InChI is InChI=1S/C15H13BrCl2/c1-9-6-13(14(18)7-10(9)2)15(16)11-4-3-5-12(17)8-11/h3-8,15H,1-2H3. The Hall–Kier alpha value is -0.500. The zero-order valence-corrected chi connectivity index (χ0v) is 13.3. The summed E-state index contributed by atoms with van der Waals surface area (Å²) in [6, 6.07) is 11.9. The Balaban J connectivity index is 2.46. The van der Waals surface area contributed by atoms with E-state index >= 15 is 0 Å². The SMILES string of the molecule is Cc1cc(Cl)c(C(Br)c2cccc(Cl)c2)cc1C. The molecule has 2 rings (SSSR count). The van der Waals surface area contributed by atoms with Crippen molar-refractivity contribution in [1.82, 2.24) is 0 Å². The first-order chi connectivity index (χ1) is 8.49. The fourth-order valence-electron chi connectivity index (χ4n) is 1.84. The highest BCUT2D eigenvalue weighted by atomic mass is 79.9. The fraction of sp³-hybridized carbons (Fsp3) is 0.200. The molecule has 1 atom stereocenters. The van der Waals surface area contributed by atoms with Crippen LogP contribution in [0.25, 0.3) is 0 Å². The van der Waals surface area contributed by atoms with Gasteiger partial charge in [-0.1, -0.05) is 57.3 Å². The van der Waals surface area contributed by atoms with Crippen LogP contribution in [0.1, 0.15) is 27.1 Å². The van der Waals surface area contributed by atoms with Gasteiger partial charge in [0, 0.05) is 10.0 Å². The fourth-order valence-corrected chi connectivity index (χ4v) is 3.16. The van der Waals surface area contributed by atoms with E-state index in [-0.39, 0.29) is 4.83 Å². The maximum absolute atomic E-state index is 6.32. The van der Waals surface area contributed by atoms with Crippen LogP contribution in [-0.4, -0.2) is 0 Å². The topological polar surface area (TPSA) is 0 Å². The number of rotatable bonds is 2. The lowest BCUT2D eigenvalue weighted by Gasteiger charge is -2.15. The molecule has 0 aliphatic heterocycles. The lowest BCUT2D eigenvalue weighted by atomic mass is 10.0. The van der Waals surface area contributed by atoms with Crippen LogP contribution in [-0.2, 0) is 0 Å². The highest BCUT2D eigenvalue weighted by molar-refractivity contribution is 9.09. The van der Waals surface area contributed by atoms with Gasteiger partial charge in [-0.25, -0.2) is 0 Å². The summed E-state index contributed by atoms with van der Waals surface area (Å²) in [5.74, 6) is 0. The van der Waals surface area contributed by atoms with Gasteiger partial charge in [-0.2, -0.15) is 0 Å². The van der Waals surface area contributed by atoms with E-state index in [4.69, 9.17) is 23.2 Å². The molecule has 2 aromatic carbocycles. The summed E-state index contributed by atoms with van der Waals surface area (Å²) in [5, 5.41) is 1.51. The summed E-state index contributed by atoms with van der Waals surface area (Å²) in [7, 11) is 0. The molecule has 0 saturated carbocycles. The van der Waals surface area contributed by atoms with E-state index in [9.17, 15) is 0 Å². The molecule has 1 unspecified atom stereocenters. The Bertz CT molecular complexity index is 579. The first kappa shape index (κ1) is 13.9. The maximum atomic E-state index is 6.32. The molecule has 0 N–H and O–H groups in total. The molecule has 18 heavy (non-hydrogen) atoms. The average Bonchev–Trinajstić information content (AvgIpc) is 2.33. The van der Waals surface area contributed by atoms with E-state index < -0.39 is 0 Å². The van der Waals surface area contributed by atoms with Gasteiger partial charge in [-0.15, -0.1) is 0 Å². The Kier molecular flexibility index (Phi) is 4.37. The number of aryl methyl sites for hydroxylation is 2. The van der Waals surface area contributed by atoms with Gasteiger partial charge in [-0.3, -0.25) is 0 Å². The van der Waals surface area contributed by atoms with Crippen LogP contribution in [0.4, 0.5) is 0 Å². The van der Waals surface area contributed by atoms with Crippen LogP contribution in [0.15, 0.2) is 36.4 Å². The number of hydrogen-bond donors (Lipinski definition) is 0. The first-order valence-corrected chi connectivity index (χ1v) is 7.32. The number of hydrogen-bond acceptors (Lipinski definition) is 0. The number of alkyl halides is 1. The van der Waals surface area contributed by atoms with Crippen molar-refractivity contribution in [2.24, 2.45) is 0 Å². The molecule has 2 aromatic rings. The molecule has 0 aromatic heterocycles. The molecule has 3 heteroatoms. The molecule has 0 amide bonds. The van der Waals surface area contributed by atoms with E-state index in [1.165, 1.54) is 11.1 Å². The summed E-state index contributed by atoms with van der Waals surface area (Å²) in [6.07, 6.45) is 0. The van der Waals surface area contributed by atoms with Crippen LogP contribution >= 0.6 is 39.1 Å². The molecule has 0 heterocycles. The summed E-state index contributed by atoms with van der Waals surface area (Å²) >= 11 is 16.0. The second-order valence-electron chi connectivity index (χ2n) is 4.38. The van der Waals surface area contributed by atoms with Crippen molar-refractivity contribution in [2.45, 2.75) is 18.7 Å². The minimum atomic E-state index is 0.0583. The second-order valence-corrected chi connectivity index (χ2v) is 6.13. The first-order valence-electron chi connectivity index (χ1n) is 5.65. The van der Waals surface area contributed by atoms with E-state index in [0.29, 0.717) is 0 Å². The lowest BCUT2D eigenvalue weighted by Crippen LogP contribution is -1.96. The molecule has 94 valence electrons. The van der Waals surface area contributed by atoms with Gasteiger partial charge in [0.15, 0.2) is 0 Å². The summed E-state index contributed by atoms with van der Waals surface area (Å²) in [4.78, 5) is 0.0583. The van der Waals surface area contributed by atoms with Gasteiger partial charge >= 0.3 is 0 Å². The van der Waals surface area contributed by atoms with Crippen LogP contribution in [0, 0.1) is 13.8 Å². The maximum Gasteiger partial charge on any atom is 0.0659 e. The van der Waals surface area contributed by atoms with E-state index in [1.54, 1.807) is 0 Å². The average molecular weight is 344 g/mol. The van der Waals surface area contributed by atoms with Crippen LogP contribution < -0.4 is 0 Å². The van der Waals surface area contributed by atoms with Crippen molar-refractivity contribution >= 4 is 39.1 Å². The molecule has 0 aliphatic rings. The third-order valence-corrected chi connectivity index (χ3v) is 4.61. The molecule has 0 bridgehead atoms. The van der Waals surface area contributed by atoms with Crippen molar-refractivity contribution in [2.75, 3.05) is 0 Å². The quantitative estimate of drug-likeness (QED) is 0.578. The summed E-state index contributed by atoms with van der Waals surface area (Å²) in [6.45, 7) is 4.15. The summed E-state index contributed by atoms with van der Waals surface area (Å²) in [5.41, 5.74) is 4.62. The van der Waals surface area contributed by atoms with Crippen LogP contribution in [0.3, 0.4) is 0 Å². The monoisotopic (exact) mass is 342 g/mol. The lowest BCUT2D eigenvalue weighted by molar-refractivity contribution is 1.16. The van der Waals surface area contributed by atoms with E-state index in [2.05, 4.69) is 35.8 Å². The third-order valence-electron chi connectivity index (χ3n) is 3.03. The van der Waals surface area contributed by atoms with Crippen molar-refractivity contribution in [3.8, 4) is 0 Å². The molecule has 0 saturated heterocycles. The predicted octanol–water partition coefficient (Wildman–Crippen LogP) is 6.09. The van der Waals surface area contributed by atoms with Gasteiger partial charge in [0.2, 0.25) is 0 Å². The number of halogens is 3. The predicted molar refractivity (Wildman–Crippen MR) is 83.1 cm³/mol. The smallest absolute Gasteiger partial charge is 0.0659 e. The van der Waals surface area contributed by atoms with Crippen LogP contribution in [0.5, 0.6) is 0 Å². The molecule has 0 radical (unpaired) electrons. The van der Waals surface area contributed by atoms with Gasteiger partial charge in [0.25, 0.3) is 0 Å². The molecule has 0 spiro atoms. The second kappa shape index (κ2) is 5.64. The summed E-state index contributed by atoms with van der Waals surface area (Å²) < 4.78 is 0. The van der Waals surface area contributed by atoms with Gasteiger partial charge in [0.05, 0.1) is 4.83 Å². The highest BCUT2D eigenvalue weighted by Crippen LogP contribution is 2.37. The van der Waals surface area contributed by atoms with Crippen LogP contribution in [0.2, 0.25) is 10.0 Å². The molecular formula is C15H13BrCl2. The largest absolute Gasteiger partial charge is 0.0843 e.